The summed E-state index contributed by atoms with van der Waals surface area (Å²) in [4.78, 5) is 13.7. The molecular weight excluding hydrogens is 290 g/mol. The van der Waals surface area contributed by atoms with Crippen LogP contribution in [-0.2, 0) is 14.6 Å². The SMILES string of the molecule is CS(=O)(=O)c1ccccc1N1CC2CCCC2C1C(=O)O. The Balaban J connectivity index is 2.06. The van der Waals surface area contributed by atoms with Gasteiger partial charge in [0.2, 0.25) is 0 Å². The summed E-state index contributed by atoms with van der Waals surface area (Å²) in [6, 6.07) is 6.09. The third-order valence-corrected chi connectivity index (χ3v) is 5.86. The second-order valence-electron chi connectivity index (χ2n) is 6.03. The third kappa shape index (κ3) is 2.41. The van der Waals surface area contributed by atoms with Gasteiger partial charge in [-0.25, -0.2) is 13.2 Å². The Bertz CT molecular complexity index is 670. The van der Waals surface area contributed by atoms with Gasteiger partial charge in [0, 0.05) is 12.8 Å². The van der Waals surface area contributed by atoms with Gasteiger partial charge in [-0.3, -0.25) is 0 Å². The van der Waals surface area contributed by atoms with Crippen LogP contribution in [0.3, 0.4) is 0 Å². The maximum Gasteiger partial charge on any atom is 0.326 e. The summed E-state index contributed by atoms with van der Waals surface area (Å²) >= 11 is 0. The fourth-order valence-electron chi connectivity index (χ4n) is 3.88. The lowest BCUT2D eigenvalue weighted by Crippen LogP contribution is -2.40. The van der Waals surface area contributed by atoms with E-state index in [0.717, 1.165) is 19.3 Å². The first-order chi connectivity index (χ1) is 9.89. The molecule has 2 aliphatic rings. The molecule has 3 unspecified atom stereocenters. The lowest BCUT2D eigenvalue weighted by molar-refractivity contribution is -0.139. The van der Waals surface area contributed by atoms with Crippen molar-refractivity contribution in [2.75, 3.05) is 17.7 Å². The second kappa shape index (κ2) is 5.02. The number of para-hydroxylation sites is 1. The summed E-state index contributed by atoms with van der Waals surface area (Å²) in [7, 11) is -3.38. The van der Waals surface area contributed by atoms with Gasteiger partial charge in [0.15, 0.2) is 9.84 Å². The topological polar surface area (TPSA) is 74.7 Å². The van der Waals surface area contributed by atoms with Crippen LogP contribution < -0.4 is 4.90 Å². The Morgan fingerprint density at radius 2 is 2.00 bits per heavy atom. The summed E-state index contributed by atoms with van der Waals surface area (Å²) in [5, 5.41) is 9.59. The first kappa shape index (κ1) is 14.4. The molecule has 1 aromatic rings. The molecule has 0 amide bonds. The molecule has 0 spiro atoms. The van der Waals surface area contributed by atoms with Gasteiger partial charge in [0.25, 0.3) is 0 Å². The molecule has 1 N–H and O–H groups in total. The molecule has 0 radical (unpaired) electrons. The normalized spacial score (nSPS) is 28.6. The minimum atomic E-state index is -3.38. The number of sulfone groups is 1. The standard InChI is InChI=1S/C15H19NO4S/c1-21(19,20)13-8-3-2-7-12(13)16-9-10-5-4-6-11(10)14(16)15(17)18/h2-3,7-8,10-11,14H,4-6,9H2,1H3,(H,17,18). The fourth-order valence-corrected chi connectivity index (χ4v) is 4.77. The number of carbonyl (C=O) groups is 1. The van der Waals surface area contributed by atoms with E-state index in [0.29, 0.717) is 18.2 Å². The molecule has 6 heteroatoms. The first-order valence-corrected chi connectivity index (χ1v) is 9.07. The monoisotopic (exact) mass is 309 g/mol. The maximum atomic E-state index is 12.0. The van der Waals surface area contributed by atoms with Crippen LogP contribution >= 0.6 is 0 Å². The smallest absolute Gasteiger partial charge is 0.326 e. The number of benzene rings is 1. The van der Waals surface area contributed by atoms with Gasteiger partial charge in [-0.1, -0.05) is 18.6 Å². The van der Waals surface area contributed by atoms with E-state index < -0.39 is 21.8 Å². The molecule has 5 nitrogen and oxygen atoms in total. The van der Waals surface area contributed by atoms with Crippen molar-refractivity contribution in [2.24, 2.45) is 11.8 Å². The molecule has 21 heavy (non-hydrogen) atoms. The van der Waals surface area contributed by atoms with Crippen LogP contribution in [0.25, 0.3) is 0 Å². The largest absolute Gasteiger partial charge is 0.480 e. The van der Waals surface area contributed by atoms with Crippen molar-refractivity contribution in [1.29, 1.82) is 0 Å². The Morgan fingerprint density at radius 3 is 2.67 bits per heavy atom. The Hall–Kier alpha value is -1.56. The maximum absolute atomic E-state index is 12.0. The molecule has 0 bridgehead atoms. The molecule has 2 fully saturated rings. The minimum Gasteiger partial charge on any atom is -0.480 e. The fraction of sp³-hybridized carbons (Fsp3) is 0.533. The van der Waals surface area contributed by atoms with Crippen molar-refractivity contribution in [3.05, 3.63) is 24.3 Å². The van der Waals surface area contributed by atoms with Crippen molar-refractivity contribution in [3.63, 3.8) is 0 Å². The van der Waals surface area contributed by atoms with E-state index in [9.17, 15) is 18.3 Å². The number of carboxylic acid groups (broad SMARTS) is 1. The summed E-state index contributed by atoms with van der Waals surface area (Å²) in [5.74, 6) is -0.360. The van der Waals surface area contributed by atoms with E-state index in [2.05, 4.69) is 0 Å². The number of hydrogen-bond donors (Lipinski definition) is 1. The first-order valence-electron chi connectivity index (χ1n) is 7.18. The molecule has 114 valence electrons. The third-order valence-electron chi connectivity index (χ3n) is 4.72. The van der Waals surface area contributed by atoms with Crippen LogP contribution in [0.4, 0.5) is 5.69 Å². The molecule has 1 aliphatic heterocycles. The highest BCUT2D eigenvalue weighted by Crippen LogP contribution is 2.45. The molecule has 1 heterocycles. The molecule has 1 saturated heterocycles. The summed E-state index contributed by atoms with van der Waals surface area (Å²) < 4.78 is 23.9. The van der Waals surface area contributed by atoms with Gasteiger partial charge in [-0.15, -0.1) is 0 Å². The van der Waals surface area contributed by atoms with Crippen LogP contribution in [0.2, 0.25) is 0 Å². The van der Waals surface area contributed by atoms with E-state index >= 15 is 0 Å². The molecule has 3 rings (SSSR count). The highest BCUT2D eigenvalue weighted by Gasteiger charge is 2.48. The van der Waals surface area contributed by atoms with E-state index in [1.54, 1.807) is 29.2 Å². The van der Waals surface area contributed by atoms with Gasteiger partial charge in [0.05, 0.1) is 10.6 Å². The quantitative estimate of drug-likeness (QED) is 0.921. The van der Waals surface area contributed by atoms with Crippen LogP contribution in [0.1, 0.15) is 19.3 Å². The van der Waals surface area contributed by atoms with E-state index in [1.165, 1.54) is 6.26 Å². The number of carboxylic acids is 1. The zero-order chi connectivity index (χ0) is 15.2. The van der Waals surface area contributed by atoms with Crippen LogP contribution in [0.15, 0.2) is 29.2 Å². The highest BCUT2D eigenvalue weighted by atomic mass is 32.2. The molecule has 1 saturated carbocycles. The zero-order valence-corrected chi connectivity index (χ0v) is 12.7. The lowest BCUT2D eigenvalue weighted by atomic mass is 9.94. The predicted octanol–water partition coefficient (Wildman–Crippen LogP) is 1.78. The zero-order valence-electron chi connectivity index (χ0n) is 11.9. The number of hydrogen-bond acceptors (Lipinski definition) is 4. The average molecular weight is 309 g/mol. The second-order valence-corrected chi connectivity index (χ2v) is 8.01. The Morgan fingerprint density at radius 1 is 1.29 bits per heavy atom. The predicted molar refractivity (Wildman–Crippen MR) is 79.2 cm³/mol. The molecular formula is C15H19NO4S. The van der Waals surface area contributed by atoms with Crippen LogP contribution in [-0.4, -0.2) is 38.3 Å². The average Bonchev–Trinajstić information content (AvgIpc) is 2.96. The Labute approximate surface area is 124 Å². The van der Waals surface area contributed by atoms with E-state index in [1.807, 2.05) is 0 Å². The van der Waals surface area contributed by atoms with Gasteiger partial charge in [-0.2, -0.15) is 0 Å². The van der Waals surface area contributed by atoms with E-state index in [-0.39, 0.29) is 10.8 Å². The van der Waals surface area contributed by atoms with Crippen molar-refractivity contribution in [2.45, 2.75) is 30.2 Å². The highest BCUT2D eigenvalue weighted by molar-refractivity contribution is 7.90. The number of anilines is 1. The van der Waals surface area contributed by atoms with Crippen molar-refractivity contribution < 1.29 is 18.3 Å². The van der Waals surface area contributed by atoms with Crippen molar-refractivity contribution >= 4 is 21.5 Å². The lowest BCUT2D eigenvalue weighted by Gasteiger charge is -2.28. The van der Waals surface area contributed by atoms with Gasteiger partial charge in [-0.05, 0) is 36.8 Å². The molecule has 0 aromatic heterocycles. The van der Waals surface area contributed by atoms with Crippen molar-refractivity contribution in [1.82, 2.24) is 0 Å². The summed E-state index contributed by atoms with van der Waals surface area (Å²) in [6.45, 7) is 0.633. The molecule has 1 aliphatic carbocycles. The van der Waals surface area contributed by atoms with Crippen molar-refractivity contribution in [3.8, 4) is 0 Å². The summed E-state index contributed by atoms with van der Waals surface area (Å²) in [6.07, 6.45) is 4.18. The number of aliphatic carboxylic acids is 1. The molecule has 3 atom stereocenters. The Kier molecular flexibility index (Phi) is 3.43. The number of rotatable bonds is 3. The van der Waals surface area contributed by atoms with E-state index in [4.69, 9.17) is 0 Å². The van der Waals surface area contributed by atoms with Crippen LogP contribution in [0.5, 0.6) is 0 Å². The van der Waals surface area contributed by atoms with Gasteiger partial charge >= 0.3 is 5.97 Å². The van der Waals surface area contributed by atoms with Gasteiger partial charge in [0.1, 0.15) is 6.04 Å². The molecule has 1 aromatic carbocycles. The number of nitrogens with zero attached hydrogens (tertiary/aromatic N) is 1. The number of fused-ring (bicyclic) bond motifs is 1. The minimum absolute atomic E-state index is 0.134. The van der Waals surface area contributed by atoms with Crippen LogP contribution in [0, 0.1) is 11.8 Å². The summed E-state index contributed by atoms with van der Waals surface area (Å²) in [5.41, 5.74) is 0.529. The van der Waals surface area contributed by atoms with Gasteiger partial charge < -0.3 is 10.0 Å².